The Bertz CT molecular complexity index is 133. The molecular formula is C8H14O3. The molecule has 0 amide bonds. The van der Waals surface area contributed by atoms with Gasteiger partial charge in [0, 0.05) is 20.0 Å². The molecule has 3 heteroatoms. The first-order valence-corrected chi connectivity index (χ1v) is 3.95. The van der Waals surface area contributed by atoms with Gasteiger partial charge in [-0.15, -0.1) is 0 Å². The summed E-state index contributed by atoms with van der Waals surface area (Å²) in [5.74, 6) is 0.317. The van der Waals surface area contributed by atoms with Gasteiger partial charge in [0.1, 0.15) is 12.6 Å². The molecule has 0 saturated heterocycles. The van der Waals surface area contributed by atoms with Crippen molar-refractivity contribution in [3.63, 3.8) is 0 Å². The van der Waals surface area contributed by atoms with Crippen LogP contribution < -0.4 is 0 Å². The zero-order chi connectivity index (χ0) is 8.10. The lowest BCUT2D eigenvalue weighted by Crippen LogP contribution is -2.23. The van der Waals surface area contributed by atoms with Gasteiger partial charge in [-0.25, -0.2) is 0 Å². The number of Topliss-reactive ketones (excluding diaryl/α,β-unsaturated/α-hetero) is 1. The van der Waals surface area contributed by atoms with Crippen LogP contribution in [-0.2, 0) is 14.3 Å². The maximum Gasteiger partial charge on any atom is 0.146 e. The summed E-state index contributed by atoms with van der Waals surface area (Å²) in [5, 5.41) is 0. The molecular weight excluding hydrogens is 144 g/mol. The Morgan fingerprint density at radius 3 is 3.09 bits per heavy atom. The van der Waals surface area contributed by atoms with E-state index < -0.39 is 0 Å². The van der Waals surface area contributed by atoms with E-state index in [1.54, 1.807) is 7.11 Å². The summed E-state index contributed by atoms with van der Waals surface area (Å²) in [6, 6.07) is 0. The highest BCUT2D eigenvalue weighted by atomic mass is 16.7. The third-order valence-corrected chi connectivity index (χ3v) is 1.86. The van der Waals surface area contributed by atoms with Crippen LogP contribution in [0.25, 0.3) is 0 Å². The Morgan fingerprint density at radius 2 is 2.45 bits per heavy atom. The van der Waals surface area contributed by atoms with Crippen molar-refractivity contribution < 1.29 is 14.3 Å². The quantitative estimate of drug-likeness (QED) is 0.577. The number of methoxy groups -OCH3 is 1. The normalized spacial score (nSPS) is 25.5. The minimum atomic E-state index is 0.108. The summed E-state index contributed by atoms with van der Waals surface area (Å²) >= 11 is 0. The monoisotopic (exact) mass is 158 g/mol. The summed E-state index contributed by atoms with van der Waals surface area (Å²) in [7, 11) is 1.59. The molecule has 11 heavy (non-hydrogen) atoms. The van der Waals surface area contributed by atoms with Crippen LogP contribution >= 0.6 is 0 Å². The first-order chi connectivity index (χ1) is 5.33. The molecule has 1 saturated carbocycles. The maximum absolute atomic E-state index is 10.9. The fourth-order valence-corrected chi connectivity index (χ4v) is 1.29. The molecule has 0 aromatic heterocycles. The second-order valence-corrected chi connectivity index (χ2v) is 2.83. The van der Waals surface area contributed by atoms with Crippen LogP contribution in [0.5, 0.6) is 0 Å². The highest BCUT2D eigenvalue weighted by Gasteiger charge is 2.19. The van der Waals surface area contributed by atoms with Crippen LogP contribution in [0.15, 0.2) is 0 Å². The first-order valence-electron chi connectivity index (χ1n) is 3.95. The minimum absolute atomic E-state index is 0.108. The van der Waals surface area contributed by atoms with Crippen molar-refractivity contribution in [3.05, 3.63) is 0 Å². The number of hydrogen-bond acceptors (Lipinski definition) is 3. The van der Waals surface area contributed by atoms with E-state index in [-0.39, 0.29) is 6.10 Å². The molecule has 1 aliphatic rings. The van der Waals surface area contributed by atoms with Crippen molar-refractivity contribution in [2.45, 2.75) is 31.8 Å². The average Bonchev–Trinajstić information content (AvgIpc) is 2.01. The van der Waals surface area contributed by atoms with E-state index in [1.165, 1.54) is 0 Å². The number of rotatable bonds is 3. The molecule has 0 radical (unpaired) electrons. The highest BCUT2D eigenvalue weighted by Crippen LogP contribution is 2.17. The fourth-order valence-electron chi connectivity index (χ4n) is 1.29. The van der Waals surface area contributed by atoms with E-state index >= 15 is 0 Å². The lowest BCUT2D eigenvalue weighted by molar-refractivity contribution is -0.129. The van der Waals surface area contributed by atoms with E-state index in [9.17, 15) is 4.79 Å². The second kappa shape index (κ2) is 4.46. The summed E-state index contributed by atoms with van der Waals surface area (Å²) in [6.07, 6.45) is 3.37. The lowest BCUT2D eigenvalue weighted by atomic mass is 9.97. The Morgan fingerprint density at radius 1 is 1.64 bits per heavy atom. The van der Waals surface area contributed by atoms with Crippen molar-refractivity contribution >= 4 is 5.78 Å². The van der Waals surface area contributed by atoms with E-state index in [2.05, 4.69) is 0 Å². The third kappa shape index (κ3) is 2.99. The van der Waals surface area contributed by atoms with Crippen molar-refractivity contribution in [2.24, 2.45) is 0 Å². The van der Waals surface area contributed by atoms with E-state index in [1.807, 2.05) is 0 Å². The van der Waals surface area contributed by atoms with Gasteiger partial charge in [0.2, 0.25) is 0 Å². The SMILES string of the molecule is COCOC1CCCC(=O)C1. The van der Waals surface area contributed by atoms with Gasteiger partial charge in [-0.1, -0.05) is 0 Å². The predicted molar refractivity (Wildman–Crippen MR) is 40.2 cm³/mol. The molecule has 3 nitrogen and oxygen atoms in total. The third-order valence-electron chi connectivity index (χ3n) is 1.86. The van der Waals surface area contributed by atoms with Crippen LogP contribution in [0.2, 0.25) is 0 Å². The van der Waals surface area contributed by atoms with Gasteiger partial charge in [-0.05, 0) is 12.8 Å². The van der Waals surface area contributed by atoms with Crippen LogP contribution in [-0.4, -0.2) is 25.8 Å². The number of ketones is 1. The molecule has 0 spiro atoms. The number of hydrogen-bond donors (Lipinski definition) is 0. The Hall–Kier alpha value is -0.410. The molecule has 1 unspecified atom stereocenters. The average molecular weight is 158 g/mol. The molecule has 0 aliphatic heterocycles. The van der Waals surface area contributed by atoms with Crippen LogP contribution in [0.4, 0.5) is 0 Å². The maximum atomic E-state index is 10.9. The largest absolute Gasteiger partial charge is 0.359 e. The summed E-state index contributed by atoms with van der Waals surface area (Å²) in [5.41, 5.74) is 0. The molecule has 1 fully saturated rings. The Kier molecular flexibility index (Phi) is 3.52. The topological polar surface area (TPSA) is 35.5 Å². The number of carbonyl (C=O) groups excluding carboxylic acids is 1. The van der Waals surface area contributed by atoms with Crippen LogP contribution in [0.1, 0.15) is 25.7 Å². The van der Waals surface area contributed by atoms with E-state index in [0.29, 0.717) is 19.0 Å². The van der Waals surface area contributed by atoms with Gasteiger partial charge in [0.25, 0.3) is 0 Å². The smallest absolute Gasteiger partial charge is 0.146 e. The molecule has 1 atom stereocenters. The molecule has 0 heterocycles. The Balaban J connectivity index is 2.17. The van der Waals surface area contributed by atoms with Crippen molar-refractivity contribution in [1.82, 2.24) is 0 Å². The number of ether oxygens (including phenoxy) is 2. The highest BCUT2D eigenvalue weighted by molar-refractivity contribution is 5.79. The zero-order valence-electron chi connectivity index (χ0n) is 6.84. The summed E-state index contributed by atoms with van der Waals surface area (Å²) < 4.78 is 10.0. The number of carbonyl (C=O) groups is 1. The van der Waals surface area contributed by atoms with Crippen molar-refractivity contribution in [1.29, 1.82) is 0 Å². The first kappa shape index (κ1) is 8.68. The zero-order valence-corrected chi connectivity index (χ0v) is 6.84. The van der Waals surface area contributed by atoms with Crippen LogP contribution in [0, 0.1) is 0 Å². The molecule has 0 N–H and O–H groups in total. The van der Waals surface area contributed by atoms with Crippen LogP contribution in [0.3, 0.4) is 0 Å². The van der Waals surface area contributed by atoms with E-state index in [4.69, 9.17) is 9.47 Å². The van der Waals surface area contributed by atoms with Gasteiger partial charge >= 0.3 is 0 Å². The molecule has 0 bridgehead atoms. The molecule has 0 aromatic carbocycles. The molecule has 64 valence electrons. The second-order valence-electron chi connectivity index (χ2n) is 2.83. The van der Waals surface area contributed by atoms with E-state index in [0.717, 1.165) is 19.3 Å². The summed E-state index contributed by atoms with van der Waals surface area (Å²) in [4.78, 5) is 10.9. The molecule has 0 aromatic rings. The van der Waals surface area contributed by atoms with Gasteiger partial charge < -0.3 is 9.47 Å². The summed E-state index contributed by atoms with van der Waals surface area (Å²) in [6.45, 7) is 0.304. The standard InChI is InChI=1S/C8H14O3/c1-10-6-11-8-4-2-3-7(9)5-8/h8H,2-6H2,1H3. The van der Waals surface area contributed by atoms with Crippen molar-refractivity contribution in [2.75, 3.05) is 13.9 Å². The predicted octanol–water partition coefficient (Wildman–Crippen LogP) is 1.12. The van der Waals surface area contributed by atoms with Gasteiger partial charge in [-0.3, -0.25) is 4.79 Å². The Labute approximate surface area is 66.7 Å². The van der Waals surface area contributed by atoms with Gasteiger partial charge in [0.05, 0.1) is 6.10 Å². The lowest BCUT2D eigenvalue weighted by Gasteiger charge is -2.20. The molecule has 1 rings (SSSR count). The van der Waals surface area contributed by atoms with Gasteiger partial charge in [0.15, 0.2) is 0 Å². The van der Waals surface area contributed by atoms with Gasteiger partial charge in [-0.2, -0.15) is 0 Å². The van der Waals surface area contributed by atoms with Crippen molar-refractivity contribution in [3.8, 4) is 0 Å². The fraction of sp³-hybridized carbons (Fsp3) is 0.875. The molecule has 1 aliphatic carbocycles. The minimum Gasteiger partial charge on any atom is -0.359 e.